The number of rotatable bonds is 3. The molecule has 0 radical (unpaired) electrons. The van der Waals surface area contributed by atoms with Gasteiger partial charge in [-0.3, -0.25) is 9.59 Å². The summed E-state index contributed by atoms with van der Waals surface area (Å²) in [5, 5.41) is 2.99. The zero-order valence-electron chi connectivity index (χ0n) is 15.9. The van der Waals surface area contributed by atoms with Crippen LogP contribution in [0.4, 0.5) is 11.4 Å². The van der Waals surface area contributed by atoms with Gasteiger partial charge in [0.1, 0.15) is 6.04 Å². The average Bonchev–Trinajstić information content (AvgIpc) is 2.71. The van der Waals surface area contributed by atoms with Crippen molar-refractivity contribution in [2.45, 2.75) is 38.8 Å². The highest BCUT2D eigenvalue weighted by Crippen LogP contribution is 2.39. The Labute approximate surface area is 160 Å². The summed E-state index contributed by atoms with van der Waals surface area (Å²) in [4.78, 5) is 29.3. The fourth-order valence-corrected chi connectivity index (χ4v) is 4.08. The van der Waals surface area contributed by atoms with E-state index in [4.69, 9.17) is 0 Å². The topological polar surface area (TPSA) is 52.7 Å². The molecule has 2 aromatic carbocycles. The fraction of sp³-hybridized carbons (Fsp3) is 0.364. The summed E-state index contributed by atoms with van der Waals surface area (Å²) < 4.78 is 0. The number of hydrogen-bond acceptors (Lipinski definition) is 3. The number of fused-ring (bicyclic) bond motifs is 3. The van der Waals surface area contributed by atoms with E-state index in [-0.39, 0.29) is 17.9 Å². The standard InChI is InChI=1S/C22H25N3O2/c1-15-7-3-4-8-17(15)14-23-21(26)16-10-11-18-20(13-16)24(2)22(27)19-9-5-6-12-25(18)19/h3-4,7-8,10-11,13,19H,5-6,9,12,14H2,1-2H3,(H,23,26). The summed E-state index contributed by atoms with van der Waals surface area (Å²) in [7, 11) is 1.81. The second-order valence-corrected chi connectivity index (χ2v) is 7.41. The predicted molar refractivity (Wildman–Crippen MR) is 107 cm³/mol. The van der Waals surface area contributed by atoms with Crippen LogP contribution >= 0.6 is 0 Å². The molecular weight excluding hydrogens is 338 g/mol. The Morgan fingerprint density at radius 1 is 1.15 bits per heavy atom. The van der Waals surface area contributed by atoms with E-state index in [0.717, 1.165) is 48.3 Å². The summed E-state index contributed by atoms with van der Waals surface area (Å²) in [5.41, 5.74) is 4.72. The highest BCUT2D eigenvalue weighted by molar-refractivity contribution is 6.07. The van der Waals surface area contributed by atoms with E-state index >= 15 is 0 Å². The summed E-state index contributed by atoms with van der Waals surface area (Å²) >= 11 is 0. The summed E-state index contributed by atoms with van der Waals surface area (Å²) in [6.45, 7) is 3.43. The second kappa shape index (κ2) is 7.06. The first-order valence-corrected chi connectivity index (χ1v) is 9.57. The average molecular weight is 363 g/mol. The molecule has 1 saturated heterocycles. The van der Waals surface area contributed by atoms with Crippen molar-refractivity contribution in [1.82, 2.24) is 5.32 Å². The van der Waals surface area contributed by atoms with Crippen molar-refractivity contribution in [2.75, 3.05) is 23.4 Å². The number of aryl methyl sites for hydroxylation is 1. The van der Waals surface area contributed by atoms with Crippen molar-refractivity contribution < 1.29 is 9.59 Å². The molecule has 0 saturated carbocycles. The van der Waals surface area contributed by atoms with Crippen molar-refractivity contribution >= 4 is 23.2 Å². The third-order valence-electron chi connectivity index (χ3n) is 5.73. The minimum absolute atomic E-state index is 0.0583. The number of piperidine rings is 1. The zero-order valence-corrected chi connectivity index (χ0v) is 15.9. The molecule has 2 aliphatic heterocycles. The molecule has 1 fully saturated rings. The Hall–Kier alpha value is -2.82. The zero-order chi connectivity index (χ0) is 19.0. The Balaban J connectivity index is 1.56. The molecule has 0 spiro atoms. The Bertz CT molecular complexity index is 893. The minimum atomic E-state index is -0.123. The molecule has 2 aromatic rings. The van der Waals surface area contributed by atoms with E-state index in [1.165, 1.54) is 0 Å². The summed E-state index contributed by atoms with van der Waals surface area (Å²) in [6.07, 6.45) is 3.10. The SMILES string of the molecule is Cc1ccccc1CNC(=O)c1ccc2c(c1)N(C)C(=O)C1CCCCN21. The van der Waals surface area contributed by atoms with Crippen LogP contribution in [0, 0.1) is 6.92 Å². The lowest BCUT2D eigenvalue weighted by Gasteiger charge is -2.44. The van der Waals surface area contributed by atoms with Crippen LogP contribution < -0.4 is 15.1 Å². The maximum atomic E-state index is 12.7. The molecule has 0 aliphatic carbocycles. The number of benzene rings is 2. The summed E-state index contributed by atoms with van der Waals surface area (Å²) in [6, 6.07) is 13.7. The van der Waals surface area contributed by atoms with Gasteiger partial charge in [0.05, 0.1) is 11.4 Å². The molecule has 2 heterocycles. The maximum Gasteiger partial charge on any atom is 0.251 e. The van der Waals surface area contributed by atoms with Crippen LogP contribution in [0.5, 0.6) is 0 Å². The molecule has 5 nitrogen and oxygen atoms in total. The number of hydrogen-bond donors (Lipinski definition) is 1. The highest BCUT2D eigenvalue weighted by atomic mass is 16.2. The maximum absolute atomic E-state index is 12.7. The van der Waals surface area contributed by atoms with Gasteiger partial charge in [-0.25, -0.2) is 0 Å². The van der Waals surface area contributed by atoms with Gasteiger partial charge in [0.15, 0.2) is 0 Å². The first-order chi connectivity index (χ1) is 13.1. The monoisotopic (exact) mass is 363 g/mol. The van der Waals surface area contributed by atoms with Crippen molar-refractivity contribution in [1.29, 1.82) is 0 Å². The van der Waals surface area contributed by atoms with Gasteiger partial charge in [-0.2, -0.15) is 0 Å². The van der Waals surface area contributed by atoms with E-state index in [0.29, 0.717) is 12.1 Å². The van der Waals surface area contributed by atoms with E-state index in [1.807, 2.05) is 56.4 Å². The van der Waals surface area contributed by atoms with E-state index in [1.54, 1.807) is 4.90 Å². The predicted octanol–water partition coefficient (Wildman–Crippen LogP) is 3.26. The van der Waals surface area contributed by atoms with Crippen LogP contribution in [0.25, 0.3) is 0 Å². The molecule has 4 rings (SSSR count). The first kappa shape index (κ1) is 17.6. The van der Waals surface area contributed by atoms with Crippen LogP contribution in [-0.2, 0) is 11.3 Å². The largest absolute Gasteiger partial charge is 0.358 e. The molecular formula is C22H25N3O2. The van der Waals surface area contributed by atoms with E-state index in [2.05, 4.69) is 10.2 Å². The van der Waals surface area contributed by atoms with Crippen molar-refractivity contribution in [2.24, 2.45) is 0 Å². The van der Waals surface area contributed by atoms with Gasteiger partial charge >= 0.3 is 0 Å². The van der Waals surface area contributed by atoms with Gasteiger partial charge in [-0.1, -0.05) is 24.3 Å². The van der Waals surface area contributed by atoms with Crippen molar-refractivity contribution in [3.8, 4) is 0 Å². The molecule has 2 amide bonds. The van der Waals surface area contributed by atoms with Gasteiger partial charge in [0.2, 0.25) is 5.91 Å². The third kappa shape index (κ3) is 3.18. The number of nitrogens with zero attached hydrogens (tertiary/aromatic N) is 2. The van der Waals surface area contributed by atoms with Crippen molar-refractivity contribution in [3.63, 3.8) is 0 Å². The molecule has 1 N–H and O–H groups in total. The van der Waals surface area contributed by atoms with Crippen LogP contribution in [0.3, 0.4) is 0 Å². The number of carbonyl (C=O) groups is 2. The highest BCUT2D eigenvalue weighted by Gasteiger charge is 2.37. The van der Waals surface area contributed by atoms with Crippen molar-refractivity contribution in [3.05, 3.63) is 59.2 Å². The Kier molecular flexibility index (Phi) is 4.60. The number of likely N-dealkylation sites (N-methyl/N-ethyl adjacent to an activating group) is 1. The molecule has 0 aromatic heterocycles. The Morgan fingerprint density at radius 2 is 1.96 bits per heavy atom. The normalized spacial score (nSPS) is 18.7. The first-order valence-electron chi connectivity index (χ1n) is 9.57. The van der Waals surface area contributed by atoms with Gasteiger partial charge in [0.25, 0.3) is 5.91 Å². The fourth-order valence-electron chi connectivity index (χ4n) is 4.08. The molecule has 1 unspecified atom stereocenters. The molecule has 1 atom stereocenters. The van der Waals surface area contributed by atoms with Crippen LogP contribution in [0.2, 0.25) is 0 Å². The third-order valence-corrected chi connectivity index (χ3v) is 5.73. The molecule has 0 bridgehead atoms. The second-order valence-electron chi connectivity index (χ2n) is 7.41. The van der Waals surface area contributed by atoms with Gasteiger partial charge in [-0.15, -0.1) is 0 Å². The van der Waals surface area contributed by atoms with E-state index in [9.17, 15) is 9.59 Å². The lowest BCUT2D eigenvalue weighted by Crippen LogP contribution is -2.54. The smallest absolute Gasteiger partial charge is 0.251 e. The summed E-state index contributed by atoms with van der Waals surface area (Å²) in [5.74, 6) is 0.00216. The lowest BCUT2D eigenvalue weighted by molar-refractivity contribution is -0.120. The van der Waals surface area contributed by atoms with Crippen LogP contribution in [-0.4, -0.2) is 31.4 Å². The van der Waals surface area contributed by atoms with Crippen LogP contribution in [0.15, 0.2) is 42.5 Å². The Morgan fingerprint density at radius 3 is 2.78 bits per heavy atom. The quantitative estimate of drug-likeness (QED) is 0.911. The number of nitrogens with one attached hydrogen (secondary N) is 1. The number of anilines is 2. The van der Waals surface area contributed by atoms with Gasteiger partial charge in [0, 0.05) is 25.7 Å². The molecule has 2 aliphatic rings. The molecule has 140 valence electrons. The van der Waals surface area contributed by atoms with Gasteiger partial charge < -0.3 is 15.1 Å². The van der Waals surface area contributed by atoms with Crippen LogP contribution in [0.1, 0.15) is 40.7 Å². The number of amides is 2. The molecule has 5 heteroatoms. The minimum Gasteiger partial charge on any atom is -0.358 e. The van der Waals surface area contributed by atoms with Gasteiger partial charge in [-0.05, 0) is 55.5 Å². The molecule has 27 heavy (non-hydrogen) atoms. The number of carbonyl (C=O) groups excluding carboxylic acids is 2. The lowest BCUT2D eigenvalue weighted by atomic mass is 9.96. The van der Waals surface area contributed by atoms with E-state index < -0.39 is 0 Å².